The van der Waals surface area contributed by atoms with Crippen LogP contribution in [-0.4, -0.2) is 27.0 Å². The van der Waals surface area contributed by atoms with Gasteiger partial charge in [0.1, 0.15) is 5.75 Å². The number of nitrogens with one attached hydrogen (secondary N) is 1. The average Bonchev–Trinajstić information content (AvgIpc) is 2.39. The van der Waals surface area contributed by atoms with Gasteiger partial charge in [0.05, 0.1) is 4.90 Å². The Morgan fingerprint density at radius 1 is 1.43 bits per heavy atom. The summed E-state index contributed by atoms with van der Waals surface area (Å²) in [6.45, 7) is 6.00. The number of hydrogen-bond donors (Lipinski definition) is 1. The summed E-state index contributed by atoms with van der Waals surface area (Å²) in [5.74, 6) is 0.258. The van der Waals surface area contributed by atoms with Gasteiger partial charge in [-0.25, -0.2) is 8.42 Å². The molecule has 0 fully saturated rings. The molecule has 1 unspecified atom stereocenters. The lowest BCUT2D eigenvalue weighted by Gasteiger charge is -2.16. The predicted molar refractivity (Wildman–Crippen MR) is 82.2 cm³/mol. The Morgan fingerprint density at radius 3 is 2.62 bits per heavy atom. The minimum absolute atomic E-state index is 0.00840. The molecule has 1 amide bonds. The third-order valence-corrected chi connectivity index (χ3v) is 4.28. The summed E-state index contributed by atoms with van der Waals surface area (Å²) < 4.78 is 28.0. The Bertz CT molecular complexity index is 601. The fourth-order valence-electron chi connectivity index (χ4n) is 1.68. The normalized spacial score (nSPS) is 12.8. The summed E-state index contributed by atoms with van der Waals surface area (Å²) in [6.07, 6.45) is 1.27. The molecule has 0 saturated carbocycles. The van der Waals surface area contributed by atoms with Gasteiger partial charge in [0, 0.05) is 17.2 Å². The first-order valence-corrected chi connectivity index (χ1v) is 9.06. The molecule has 0 aliphatic carbocycles. The highest BCUT2D eigenvalue weighted by molar-refractivity contribution is 8.13. The monoisotopic (exact) mass is 333 g/mol. The number of carbonyl (C=O) groups excluding carboxylic acids is 1. The van der Waals surface area contributed by atoms with Gasteiger partial charge in [-0.15, -0.1) is 0 Å². The Hall–Kier alpha value is -1.27. The quantitative estimate of drug-likeness (QED) is 0.615. The highest BCUT2D eigenvalue weighted by atomic mass is 35.7. The van der Waals surface area contributed by atoms with Crippen LogP contribution in [0.5, 0.6) is 5.75 Å². The topological polar surface area (TPSA) is 72.5 Å². The fraction of sp³-hybridized carbons (Fsp3) is 0.500. The molecule has 0 saturated heterocycles. The van der Waals surface area contributed by atoms with Gasteiger partial charge in [-0.3, -0.25) is 4.79 Å². The first kappa shape index (κ1) is 17.8. The van der Waals surface area contributed by atoms with E-state index in [0.717, 1.165) is 12.8 Å². The van der Waals surface area contributed by atoms with Crippen molar-refractivity contribution in [2.75, 3.05) is 6.54 Å². The minimum Gasteiger partial charge on any atom is -0.481 e. The van der Waals surface area contributed by atoms with E-state index in [4.69, 9.17) is 15.4 Å². The van der Waals surface area contributed by atoms with E-state index in [9.17, 15) is 13.2 Å². The zero-order valence-electron chi connectivity index (χ0n) is 12.3. The number of benzene rings is 1. The van der Waals surface area contributed by atoms with Gasteiger partial charge in [0.2, 0.25) is 0 Å². The lowest BCUT2D eigenvalue weighted by molar-refractivity contribution is -0.127. The molecule has 1 rings (SSSR count). The standard InChI is InChI=1S/C14H20ClNO4S/c1-4-5-8-16-14(17)11(3)20-13-7-6-12(9-10(13)2)21(15,18)19/h6-7,9,11H,4-5,8H2,1-3H3,(H,16,17). The van der Waals surface area contributed by atoms with Gasteiger partial charge in [-0.1, -0.05) is 13.3 Å². The molecule has 118 valence electrons. The van der Waals surface area contributed by atoms with E-state index in [2.05, 4.69) is 5.32 Å². The molecule has 0 heterocycles. The van der Waals surface area contributed by atoms with Gasteiger partial charge < -0.3 is 10.1 Å². The van der Waals surface area contributed by atoms with Crippen LogP contribution in [0.2, 0.25) is 0 Å². The fourth-order valence-corrected chi connectivity index (χ4v) is 2.52. The molecular formula is C14H20ClNO4S. The van der Waals surface area contributed by atoms with Gasteiger partial charge in [-0.2, -0.15) is 0 Å². The van der Waals surface area contributed by atoms with E-state index < -0.39 is 15.2 Å². The minimum atomic E-state index is -3.76. The van der Waals surface area contributed by atoms with Crippen LogP contribution >= 0.6 is 10.7 Å². The second-order valence-electron chi connectivity index (χ2n) is 4.77. The first-order valence-electron chi connectivity index (χ1n) is 6.75. The van der Waals surface area contributed by atoms with E-state index in [1.807, 2.05) is 6.92 Å². The molecule has 0 aliphatic rings. The molecule has 0 aliphatic heterocycles. The molecule has 0 bridgehead atoms. The zero-order valence-corrected chi connectivity index (χ0v) is 13.9. The van der Waals surface area contributed by atoms with Crippen molar-refractivity contribution in [2.45, 2.75) is 44.6 Å². The van der Waals surface area contributed by atoms with Crippen molar-refractivity contribution in [1.82, 2.24) is 5.32 Å². The Balaban J connectivity index is 2.73. The zero-order chi connectivity index (χ0) is 16.0. The molecule has 5 nitrogen and oxygen atoms in total. The second-order valence-corrected chi connectivity index (χ2v) is 7.34. The molecule has 0 spiro atoms. The molecular weight excluding hydrogens is 314 g/mol. The summed E-state index contributed by atoms with van der Waals surface area (Å²) in [5.41, 5.74) is 0.602. The van der Waals surface area contributed by atoms with Gasteiger partial charge in [0.25, 0.3) is 15.0 Å². The Labute approximate surface area is 130 Å². The first-order chi connectivity index (χ1) is 9.75. The van der Waals surface area contributed by atoms with Crippen LogP contribution in [0.3, 0.4) is 0 Å². The van der Waals surface area contributed by atoms with Crippen LogP contribution in [-0.2, 0) is 13.8 Å². The van der Waals surface area contributed by atoms with E-state index in [1.165, 1.54) is 18.2 Å². The summed E-state index contributed by atoms with van der Waals surface area (Å²) in [5, 5.41) is 2.78. The number of ether oxygens (including phenoxy) is 1. The second kappa shape index (κ2) is 7.66. The van der Waals surface area contributed by atoms with Crippen LogP contribution in [0, 0.1) is 6.92 Å². The highest BCUT2D eigenvalue weighted by Gasteiger charge is 2.17. The van der Waals surface area contributed by atoms with Crippen molar-refractivity contribution in [3.8, 4) is 5.75 Å². The van der Waals surface area contributed by atoms with E-state index in [0.29, 0.717) is 17.9 Å². The van der Waals surface area contributed by atoms with Crippen LogP contribution in [0.25, 0.3) is 0 Å². The van der Waals surface area contributed by atoms with E-state index in [1.54, 1.807) is 13.8 Å². The van der Waals surface area contributed by atoms with Crippen molar-refractivity contribution in [3.63, 3.8) is 0 Å². The summed E-state index contributed by atoms with van der Waals surface area (Å²) >= 11 is 0. The highest BCUT2D eigenvalue weighted by Crippen LogP contribution is 2.24. The van der Waals surface area contributed by atoms with Crippen molar-refractivity contribution in [3.05, 3.63) is 23.8 Å². The molecule has 0 radical (unpaired) electrons. The van der Waals surface area contributed by atoms with Crippen molar-refractivity contribution in [2.24, 2.45) is 0 Å². The molecule has 7 heteroatoms. The molecule has 1 aromatic rings. The lowest BCUT2D eigenvalue weighted by atomic mass is 10.2. The van der Waals surface area contributed by atoms with Crippen molar-refractivity contribution < 1.29 is 17.9 Å². The van der Waals surface area contributed by atoms with Crippen LogP contribution < -0.4 is 10.1 Å². The van der Waals surface area contributed by atoms with Gasteiger partial charge >= 0.3 is 0 Å². The maximum absolute atomic E-state index is 11.8. The summed E-state index contributed by atoms with van der Waals surface area (Å²) in [7, 11) is 1.51. The van der Waals surface area contributed by atoms with Crippen LogP contribution in [0.4, 0.5) is 0 Å². The summed E-state index contributed by atoms with van der Waals surface area (Å²) in [6, 6.07) is 4.27. The number of hydrogen-bond acceptors (Lipinski definition) is 4. The molecule has 1 N–H and O–H groups in total. The number of halogens is 1. The maximum Gasteiger partial charge on any atom is 0.261 e. The number of unbranched alkanes of at least 4 members (excludes halogenated alkanes) is 1. The third kappa shape index (κ3) is 5.55. The molecule has 0 aromatic heterocycles. The number of amides is 1. The number of rotatable bonds is 7. The van der Waals surface area contributed by atoms with Crippen molar-refractivity contribution in [1.29, 1.82) is 0 Å². The molecule has 1 atom stereocenters. The SMILES string of the molecule is CCCCNC(=O)C(C)Oc1ccc(S(=O)(=O)Cl)cc1C. The molecule has 21 heavy (non-hydrogen) atoms. The van der Waals surface area contributed by atoms with Crippen molar-refractivity contribution >= 4 is 25.6 Å². The van der Waals surface area contributed by atoms with Crippen LogP contribution in [0.1, 0.15) is 32.3 Å². The average molecular weight is 334 g/mol. The Kier molecular flexibility index (Phi) is 6.48. The number of carbonyl (C=O) groups is 1. The van der Waals surface area contributed by atoms with Gasteiger partial charge in [-0.05, 0) is 44.0 Å². The van der Waals surface area contributed by atoms with Crippen LogP contribution in [0.15, 0.2) is 23.1 Å². The van der Waals surface area contributed by atoms with Gasteiger partial charge in [0.15, 0.2) is 6.10 Å². The molecule has 1 aromatic carbocycles. The van der Waals surface area contributed by atoms with E-state index in [-0.39, 0.29) is 10.8 Å². The largest absolute Gasteiger partial charge is 0.481 e. The Morgan fingerprint density at radius 2 is 2.10 bits per heavy atom. The number of aryl methyl sites for hydroxylation is 1. The lowest BCUT2D eigenvalue weighted by Crippen LogP contribution is -2.36. The smallest absolute Gasteiger partial charge is 0.261 e. The van der Waals surface area contributed by atoms with E-state index >= 15 is 0 Å². The summed E-state index contributed by atoms with van der Waals surface area (Å²) in [4.78, 5) is 11.8. The predicted octanol–water partition coefficient (Wildman–Crippen LogP) is 2.61. The maximum atomic E-state index is 11.8. The third-order valence-electron chi connectivity index (χ3n) is 2.93.